The van der Waals surface area contributed by atoms with Gasteiger partial charge in [-0.2, -0.15) is 10.2 Å². The Morgan fingerprint density at radius 3 is 2.71 bits per heavy atom. The molecular formula is C24H24N6O. The summed E-state index contributed by atoms with van der Waals surface area (Å²) in [6.45, 7) is 0.405. The van der Waals surface area contributed by atoms with Gasteiger partial charge in [0.15, 0.2) is 11.5 Å². The minimum absolute atomic E-state index is 0.134. The van der Waals surface area contributed by atoms with Crippen molar-refractivity contribution in [1.82, 2.24) is 29.9 Å². The maximum Gasteiger partial charge on any atom is 0.272 e. The number of nitrogens with one attached hydrogen (secondary N) is 1. The zero-order valence-corrected chi connectivity index (χ0v) is 17.2. The first-order chi connectivity index (χ1) is 15.3. The van der Waals surface area contributed by atoms with Gasteiger partial charge in [0.2, 0.25) is 0 Å². The summed E-state index contributed by atoms with van der Waals surface area (Å²) in [5.41, 5.74) is 4.76. The summed E-state index contributed by atoms with van der Waals surface area (Å²) < 4.78 is 3.66. The van der Waals surface area contributed by atoms with Gasteiger partial charge in [-0.1, -0.05) is 24.6 Å². The Kier molecular flexibility index (Phi) is 5.31. The van der Waals surface area contributed by atoms with E-state index in [0.717, 1.165) is 48.3 Å². The Hall–Kier alpha value is -3.74. The van der Waals surface area contributed by atoms with Crippen LogP contribution in [0.5, 0.6) is 0 Å². The zero-order valence-electron chi connectivity index (χ0n) is 17.2. The molecule has 4 aromatic rings. The normalized spacial score (nSPS) is 13.4. The molecule has 0 unspecified atom stereocenters. The molecule has 7 nitrogen and oxygen atoms in total. The van der Waals surface area contributed by atoms with Gasteiger partial charge in [-0.25, -0.2) is 14.3 Å². The summed E-state index contributed by atoms with van der Waals surface area (Å²) in [7, 11) is 0. The van der Waals surface area contributed by atoms with E-state index in [0.29, 0.717) is 12.2 Å². The molecule has 0 aliphatic heterocycles. The lowest BCUT2D eigenvalue weighted by atomic mass is 10.1. The van der Waals surface area contributed by atoms with Crippen molar-refractivity contribution in [3.63, 3.8) is 0 Å². The molecule has 1 aromatic carbocycles. The highest BCUT2D eigenvalue weighted by molar-refractivity contribution is 5.94. The molecule has 0 bridgehead atoms. The molecule has 0 radical (unpaired) electrons. The standard InChI is InChI=1S/C24H24N6O/c31-24(26-17-18-12-14-25-22(16-18)29-15-7-13-27-29)23-20-10-5-2-6-11-21(20)30(28-23)19-8-3-1-4-9-19/h1,3-4,7-9,12-16H,2,5-6,10-11,17H2,(H,26,31). The van der Waals surface area contributed by atoms with Crippen molar-refractivity contribution in [3.8, 4) is 11.5 Å². The predicted molar refractivity (Wildman–Crippen MR) is 117 cm³/mol. The summed E-state index contributed by atoms with van der Waals surface area (Å²) in [4.78, 5) is 17.5. The van der Waals surface area contributed by atoms with Gasteiger partial charge in [-0.15, -0.1) is 0 Å². The number of benzene rings is 1. The summed E-state index contributed by atoms with van der Waals surface area (Å²) in [6.07, 6.45) is 10.5. The minimum Gasteiger partial charge on any atom is -0.347 e. The van der Waals surface area contributed by atoms with Crippen LogP contribution in [0.25, 0.3) is 11.5 Å². The first-order valence-corrected chi connectivity index (χ1v) is 10.7. The lowest BCUT2D eigenvalue weighted by Crippen LogP contribution is -2.24. The van der Waals surface area contributed by atoms with E-state index in [-0.39, 0.29) is 5.91 Å². The number of fused-ring (bicyclic) bond motifs is 1. The van der Waals surface area contributed by atoms with Crippen LogP contribution in [0.2, 0.25) is 0 Å². The smallest absolute Gasteiger partial charge is 0.272 e. The third kappa shape index (κ3) is 3.99. The average Bonchev–Trinajstić information content (AvgIpc) is 3.41. The highest BCUT2D eigenvalue weighted by Crippen LogP contribution is 2.26. The lowest BCUT2D eigenvalue weighted by Gasteiger charge is -2.07. The molecule has 3 aromatic heterocycles. The molecule has 0 saturated heterocycles. The second-order valence-corrected chi connectivity index (χ2v) is 7.74. The van der Waals surface area contributed by atoms with E-state index in [4.69, 9.17) is 5.10 Å². The Labute approximate surface area is 180 Å². The molecule has 0 fully saturated rings. The van der Waals surface area contributed by atoms with Crippen LogP contribution in [0.3, 0.4) is 0 Å². The van der Waals surface area contributed by atoms with Crippen molar-refractivity contribution in [2.24, 2.45) is 0 Å². The Morgan fingerprint density at radius 2 is 1.87 bits per heavy atom. The number of amides is 1. The van der Waals surface area contributed by atoms with Gasteiger partial charge >= 0.3 is 0 Å². The molecule has 5 rings (SSSR count). The molecule has 0 spiro atoms. The van der Waals surface area contributed by atoms with E-state index in [1.807, 2.05) is 59.4 Å². The molecule has 1 amide bonds. The van der Waals surface area contributed by atoms with Crippen molar-refractivity contribution < 1.29 is 4.79 Å². The number of carbonyl (C=O) groups is 1. The number of carbonyl (C=O) groups excluding carboxylic acids is 1. The number of pyridine rings is 1. The van der Waals surface area contributed by atoms with Gasteiger partial charge in [0.05, 0.1) is 5.69 Å². The van der Waals surface area contributed by atoms with Crippen LogP contribution >= 0.6 is 0 Å². The lowest BCUT2D eigenvalue weighted by molar-refractivity contribution is 0.0944. The van der Waals surface area contributed by atoms with Crippen molar-refractivity contribution in [1.29, 1.82) is 0 Å². The van der Waals surface area contributed by atoms with Crippen molar-refractivity contribution in [2.45, 2.75) is 38.6 Å². The molecule has 1 aliphatic carbocycles. The molecule has 156 valence electrons. The average molecular weight is 412 g/mol. The fourth-order valence-corrected chi connectivity index (χ4v) is 4.11. The van der Waals surface area contributed by atoms with Crippen molar-refractivity contribution >= 4 is 5.91 Å². The largest absolute Gasteiger partial charge is 0.347 e. The zero-order chi connectivity index (χ0) is 21.0. The quantitative estimate of drug-likeness (QED) is 0.508. The van der Waals surface area contributed by atoms with Gasteiger partial charge in [0.25, 0.3) is 5.91 Å². The highest BCUT2D eigenvalue weighted by Gasteiger charge is 2.24. The second-order valence-electron chi connectivity index (χ2n) is 7.74. The molecule has 3 heterocycles. The van der Waals surface area contributed by atoms with E-state index < -0.39 is 0 Å². The molecule has 0 atom stereocenters. The second kappa shape index (κ2) is 8.55. The van der Waals surface area contributed by atoms with E-state index in [1.165, 1.54) is 12.1 Å². The van der Waals surface area contributed by atoms with E-state index >= 15 is 0 Å². The van der Waals surface area contributed by atoms with Crippen LogP contribution in [0.15, 0.2) is 67.1 Å². The first-order valence-electron chi connectivity index (χ1n) is 10.7. The third-order valence-corrected chi connectivity index (χ3v) is 5.65. The van der Waals surface area contributed by atoms with Gasteiger partial charge < -0.3 is 5.32 Å². The van der Waals surface area contributed by atoms with Crippen molar-refractivity contribution in [3.05, 3.63) is 89.6 Å². The number of aromatic nitrogens is 5. The fourth-order valence-electron chi connectivity index (χ4n) is 4.11. The first kappa shape index (κ1) is 19.2. The third-order valence-electron chi connectivity index (χ3n) is 5.65. The highest BCUT2D eigenvalue weighted by atomic mass is 16.1. The van der Waals surface area contributed by atoms with Gasteiger partial charge in [0, 0.05) is 36.4 Å². The van der Waals surface area contributed by atoms with Crippen LogP contribution in [0, 0.1) is 0 Å². The van der Waals surface area contributed by atoms with E-state index in [1.54, 1.807) is 17.1 Å². The molecule has 1 N–H and O–H groups in total. The number of hydrogen-bond acceptors (Lipinski definition) is 4. The Balaban J connectivity index is 1.40. The van der Waals surface area contributed by atoms with Gasteiger partial charge in [0.1, 0.15) is 0 Å². The molecular weight excluding hydrogens is 388 g/mol. The Morgan fingerprint density at radius 1 is 1.00 bits per heavy atom. The maximum absolute atomic E-state index is 13.1. The van der Waals surface area contributed by atoms with Gasteiger partial charge in [-0.3, -0.25) is 4.79 Å². The SMILES string of the molecule is O=C(NCc1ccnc(-n2cccn2)c1)c1nn(-c2ccccc2)c2c1CCCCC2. The maximum atomic E-state index is 13.1. The number of hydrogen-bond donors (Lipinski definition) is 1. The summed E-state index contributed by atoms with van der Waals surface area (Å²) in [5.74, 6) is 0.587. The molecule has 31 heavy (non-hydrogen) atoms. The number of para-hydroxylation sites is 1. The molecule has 1 aliphatic rings. The van der Waals surface area contributed by atoms with Crippen LogP contribution in [-0.4, -0.2) is 30.5 Å². The monoisotopic (exact) mass is 412 g/mol. The summed E-state index contributed by atoms with van der Waals surface area (Å²) in [6, 6.07) is 15.7. The molecule has 7 heteroatoms. The van der Waals surface area contributed by atoms with Crippen LogP contribution in [0.1, 0.15) is 46.6 Å². The summed E-state index contributed by atoms with van der Waals surface area (Å²) >= 11 is 0. The van der Waals surface area contributed by atoms with Crippen LogP contribution in [-0.2, 0) is 19.4 Å². The van der Waals surface area contributed by atoms with Crippen LogP contribution < -0.4 is 5.32 Å². The summed E-state index contributed by atoms with van der Waals surface area (Å²) in [5, 5.41) is 12.0. The topological polar surface area (TPSA) is 77.6 Å². The van der Waals surface area contributed by atoms with Gasteiger partial charge in [-0.05, 0) is 61.6 Å². The van der Waals surface area contributed by atoms with Crippen molar-refractivity contribution in [2.75, 3.05) is 0 Å². The predicted octanol–water partition coefficient (Wildman–Crippen LogP) is 3.65. The number of rotatable bonds is 5. The molecule has 0 saturated carbocycles. The number of nitrogens with zero attached hydrogens (tertiary/aromatic N) is 5. The Bertz CT molecular complexity index is 1180. The van der Waals surface area contributed by atoms with E-state index in [9.17, 15) is 4.79 Å². The fraction of sp³-hybridized carbons (Fsp3) is 0.250. The minimum atomic E-state index is -0.134. The van der Waals surface area contributed by atoms with E-state index in [2.05, 4.69) is 15.4 Å². The van der Waals surface area contributed by atoms with Crippen LogP contribution in [0.4, 0.5) is 0 Å².